The Bertz CT molecular complexity index is 391. The van der Waals surface area contributed by atoms with Crippen LogP contribution < -0.4 is 4.74 Å². The van der Waals surface area contributed by atoms with Gasteiger partial charge in [0.1, 0.15) is 5.75 Å². The molecule has 100 valence electrons. The normalized spacial score (nSPS) is 18.6. The minimum absolute atomic E-state index is 0.00653. The van der Waals surface area contributed by atoms with Gasteiger partial charge in [0, 0.05) is 23.2 Å². The van der Waals surface area contributed by atoms with Crippen LogP contribution >= 0.6 is 27.5 Å². The molecule has 1 heterocycles. The Kier molecular flexibility index (Phi) is 5.34. The summed E-state index contributed by atoms with van der Waals surface area (Å²) in [5.74, 6) is 1.36. The van der Waals surface area contributed by atoms with Crippen LogP contribution in [0.5, 0.6) is 5.75 Å². The lowest BCUT2D eigenvalue weighted by Gasteiger charge is -2.27. The van der Waals surface area contributed by atoms with E-state index in [1.807, 2.05) is 19.1 Å². The third-order valence-electron chi connectivity index (χ3n) is 3.25. The van der Waals surface area contributed by atoms with E-state index >= 15 is 0 Å². The number of hydrogen-bond donors (Lipinski definition) is 0. The van der Waals surface area contributed by atoms with E-state index in [9.17, 15) is 0 Å². The van der Waals surface area contributed by atoms with E-state index in [-0.39, 0.29) is 5.38 Å². The number of halogens is 2. The van der Waals surface area contributed by atoms with Crippen LogP contribution in [0.15, 0.2) is 22.7 Å². The van der Waals surface area contributed by atoms with E-state index in [0.29, 0.717) is 12.5 Å². The van der Waals surface area contributed by atoms with E-state index < -0.39 is 0 Å². The first kappa shape index (κ1) is 14.2. The minimum Gasteiger partial charge on any atom is -0.494 e. The summed E-state index contributed by atoms with van der Waals surface area (Å²) in [4.78, 5) is 0. The molecule has 1 unspecified atom stereocenters. The monoisotopic (exact) mass is 332 g/mol. The summed E-state index contributed by atoms with van der Waals surface area (Å²) in [5.41, 5.74) is 1.08. The zero-order valence-electron chi connectivity index (χ0n) is 10.5. The summed E-state index contributed by atoms with van der Waals surface area (Å²) in [7, 11) is 0. The lowest BCUT2D eigenvalue weighted by molar-refractivity contribution is 0.0648. The fourth-order valence-corrected chi connectivity index (χ4v) is 3.09. The van der Waals surface area contributed by atoms with Crippen molar-refractivity contribution in [2.45, 2.75) is 25.1 Å². The predicted octanol–water partition coefficient (Wildman–Crippen LogP) is 4.55. The largest absolute Gasteiger partial charge is 0.494 e. The molecular formula is C14H18BrClO2. The van der Waals surface area contributed by atoms with E-state index in [2.05, 4.69) is 22.0 Å². The van der Waals surface area contributed by atoms with Gasteiger partial charge in [-0.05, 0) is 43.9 Å². The van der Waals surface area contributed by atoms with Crippen LogP contribution in [-0.2, 0) is 4.74 Å². The zero-order chi connectivity index (χ0) is 13.0. The van der Waals surface area contributed by atoms with Gasteiger partial charge in [0.2, 0.25) is 0 Å². The molecule has 0 radical (unpaired) electrons. The van der Waals surface area contributed by atoms with E-state index in [1.165, 1.54) is 0 Å². The third-order valence-corrected chi connectivity index (χ3v) is 4.33. The second-order valence-corrected chi connectivity index (χ2v) is 5.85. The van der Waals surface area contributed by atoms with Crippen molar-refractivity contribution >= 4 is 27.5 Å². The van der Waals surface area contributed by atoms with Crippen molar-refractivity contribution in [3.63, 3.8) is 0 Å². The van der Waals surface area contributed by atoms with Gasteiger partial charge in [-0.15, -0.1) is 11.6 Å². The van der Waals surface area contributed by atoms with Crippen LogP contribution in [0.3, 0.4) is 0 Å². The Balaban J connectivity index is 2.21. The fourth-order valence-electron chi connectivity index (χ4n) is 2.28. The van der Waals surface area contributed by atoms with Crippen LogP contribution in [0.25, 0.3) is 0 Å². The molecule has 0 saturated carbocycles. The lowest BCUT2D eigenvalue weighted by atomic mass is 9.91. The summed E-state index contributed by atoms with van der Waals surface area (Å²) in [6.07, 6.45) is 2.04. The highest BCUT2D eigenvalue weighted by Crippen LogP contribution is 2.40. The van der Waals surface area contributed by atoms with Crippen molar-refractivity contribution in [1.29, 1.82) is 0 Å². The summed E-state index contributed by atoms with van der Waals surface area (Å²) >= 11 is 10.1. The fraction of sp³-hybridized carbons (Fsp3) is 0.571. The molecule has 0 spiro atoms. The molecule has 1 aliphatic heterocycles. The number of ether oxygens (including phenoxy) is 2. The maximum atomic E-state index is 6.64. The van der Waals surface area contributed by atoms with Crippen LogP contribution in [0.4, 0.5) is 0 Å². The van der Waals surface area contributed by atoms with Crippen LogP contribution in [0, 0.1) is 5.92 Å². The summed E-state index contributed by atoms with van der Waals surface area (Å²) in [6.45, 7) is 4.27. The quantitative estimate of drug-likeness (QED) is 0.752. The van der Waals surface area contributed by atoms with Crippen molar-refractivity contribution in [3.05, 3.63) is 28.2 Å². The molecule has 0 aliphatic carbocycles. The highest BCUT2D eigenvalue weighted by atomic mass is 79.9. The van der Waals surface area contributed by atoms with Crippen molar-refractivity contribution in [2.24, 2.45) is 5.92 Å². The van der Waals surface area contributed by atoms with Crippen LogP contribution in [0.2, 0.25) is 0 Å². The predicted molar refractivity (Wildman–Crippen MR) is 77.4 cm³/mol. The van der Waals surface area contributed by atoms with Gasteiger partial charge in [-0.25, -0.2) is 0 Å². The van der Waals surface area contributed by atoms with E-state index in [1.54, 1.807) is 0 Å². The Morgan fingerprint density at radius 1 is 1.44 bits per heavy atom. The average Bonchev–Trinajstić information content (AvgIpc) is 2.41. The number of rotatable bonds is 4. The van der Waals surface area contributed by atoms with Gasteiger partial charge in [-0.1, -0.05) is 15.9 Å². The molecule has 18 heavy (non-hydrogen) atoms. The highest BCUT2D eigenvalue weighted by molar-refractivity contribution is 9.10. The molecule has 0 bridgehead atoms. The number of hydrogen-bond acceptors (Lipinski definition) is 2. The molecule has 1 aromatic rings. The first-order valence-corrected chi connectivity index (χ1v) is 7.59. The second-order valence-electron chi connectivity index (χ2n) is 4.47. The van der Waals surface area contributed by atoms with Crippen molar-refractivity contribution in [1.82, 2.24) is 0 Å². The SMILES string of the molecule is CCOc1ccc(Br)cc1C(Cl)C1CCOCC1. The molecule has 1 saturated heterocycles. The van der Waals surface area contributed by atoms with Gasteiger partial charge in [-0.2, -0.15) is 0 Å². The van der Waals surface area contributed by atoms with Gasteiger partial charge < -0.3 is 9.47 Å². The first-order chi connectivity index (χ1) is 8.72. The topological polar surface area (TPSA) is 18.5 Å². The average molecular weight is 334 g/mol. The number of benzene rings is 1. The van der Waals surface area contributed by atoms with E-state index in [4.69, 9.17) is 21.1 Å². The molecule has 1 aliphatic rings. The Hall–Kier alpha value is -0.250. The first-order valence-electron chi connectivity index (χ1n) is 6.36. The minimum atomic E-state index is -0.00653. The summed E-state index contributed by atoms with van der Waals surface area (Å²) < 4.78 is 12.1. The summed E-state index contributed by atoms with van der Waals surface area (Å²) in [5, 5.41) is -0.00653. The van der Waals surface area contributed by atoms with Crippen molar-refractivity contribution < 1.29 is 9.47 Å². The maximum absolute atomic E-state index is 6.64. The molecule has 1 aromatic carbocycles. The van der Waals surface area contributed by atoms with Gasteiger partial charge >= 0.3 is 0 Å². The molecule has 1 atom stereocenters. The molecule has 2 nitrogen and oxygen atoms in total. The lowest BCUT2D eigenvalue weighted by Crippen LogP contribution is -2.20. The smallest absolute Gasteiger partial charge is 0.124 e. The molecule has 2 rings (SSSR count). The van der Waals surface area contributed by atoms with Crippen molar-refractivity contribution in [3.8, 4) is 5.75 Å². The molecule has 0 amide bonds. The molecule has 1 fully saturated rings. The Labute approximate surface area is 122 Å². The Morgan fingerprint density at radius 2 is 2.17 bits per heavy atom. The molecular weight excluding hydrogens is 316 g/mol. The third kappa shape index (κ3) is 3.40. The molecule has 0 aromatic heterocycles. The van der Waals surface area contributed by atoms with Gasteiger partial charge in [-0.3, -0.25) is 0 Å². The van der Waals surface area contributed by atoms with E-state index in [0.717, 1.165) is 41.8 Å². The molecule has 0 N–H and O–H groups in total. The maximum Gasteiger partial charge on any atom is 0.124 e. The van der Waals surface area contributed by atoms with Gasteiger partial charge in [0.05, 0.1) is 12.0 Å². The zero-order valence-corrected chi connectivity index (χ0v) is 12.8. The van der Waals surface area contributed by atoms with Gasteiger partial charge in [0.15, 0.2) is 0 Å². The van der Waals surface area contributed by atoms with Crippen LogP contribution in [0.1, 0.15) is 30.7 Å². The number of alkyl halides is 1. The second kappa shape index (κ2) is 6.78. The molecule has 4 heteroatoms. The highest BCUT2D eigenvalue weighted by Gasteiger charge is 2.26. The summed E-state index contributed by atoms with van der Waals surface area (Å²) in [6, 6.07) is 6.04. The van der Waals surface area contributed by atoms with Crippen LogP contribution in [-0.4, -0.2) is 19.8 Å². The van der Waals surface area contributed by atoms with Crippen molar-refractivity contribution in [2.75, 3.05) is 19.8 Å². The Morgan fingerprint density at radius 3 is 2.83 bits per heavy atom. The standard InChI is InChI=1S/C14H18BrClO2/c1-2-18-13-4-3-11(15)9-12(13)14(16)10-5-7-17-8-6-10/h3-4,9-10,14H,2,5-8H2,1H3. The van der Waals surface area contributed by atoms with Gasteiger partial charge in [0.25, 0.3) is 0 Å².